The lowest BCUT2D eigenvalue weighted by Crippen LogP contribution is -2.29. The maximum Gasteiger partial charge on any atom is 0.270 e. The second kappa shape index (κ2) is 5.95. The highest BCUT2D eigenvalue weighted by Gasteiger charge is 2.12. The van der Waals surface area contributed by atoms with Gasteiger partial charge in [-0.3, -0.25) is 4.79 Å². The van der Waals surface area contributed by atoms with E-state index in [2.05, 4.69) is 10.3 Å². The molecule has 0 saturated heterocycles. The van der Waals surface area contributed by atoms with E-state index in [1.807, 2.05) is 18.2 Å². The first-order chi connectivity index (χ1) is 8.72. The van der Waals surface area contributed by atoms with Crippen LogP contribution in [0.15, 0.2) is 29.6 Å². The number of hydrogen-bond acceptors (Lipinski definition) is 4. The molecule has 18 heavy (non-hydrogen) atoms. The van der Waals surface area contributed by atoms with Gasteiger partial charge < -0.3 is 11.1 Å². The van der Waals surface area contributed by atoms with Gasteiger partial charge in [-0.05, 0) is 6.07 Å². The molecule has 0 aliphatic carbocycles. The SMILES string of the molecule is NCCNC(=O)c1csc(-c2ccccc2Cl)n1. The van der Waals surface area contributed by atoms with Crippen LogP contribution < -0.4 is 11.1 Å². The molecule has 0 radical (unpaired) electrons. The Morgan fingerprint density at radius 1 is 1.44 bits per heavy atom. The zero-order chi connectivity index (χ0) is 13.0. The van der Waals surface area contributed by atoms with E-state index < -0.39 is 0 Å². The molecular weight excluding hydrogens is 270 g/mol. The molecule has 1 heterocycles. The van der Waals surface area contributed by atoms with Crippen molar-refractivity contribution in [2.24, 2.45) is 5.73 Å². The number of hydrogen-bond donors (Lipinski definition) is 2. The fraction of sp³-hybridized carbons (Fsp3) is 0.167. The van der Waals surface area contributed by atoms with Crippen molar-refractivity contribution in [1.82, 2.24) is 10.3 Å². The Balaban J connectivity index is 2.21. The summed E-state index contributed by atoms with van der Waals surface area (Å²) in [4.78, 5) is 16.0. The number of aromatic nitrogens is 1. The van der Waals surface area contributed by atoms with Gasteiger partial charge in [-0.2, -0.15) is 0 Å². The van der Waals surface area contributed by atoms with E-state index in [0.717, 1.165) is 10.6 Å². The Bertz CT molecular complexity index is 556. The normalized spacial score (nSPS) is 10.3. The third-order valence-corrected chi connectivity index (χ3v) is 3.48. The maximum absolute atomic E-state index is 11.7. The molecule has 0 aliphatic heterocycles. The zero-order valence-electron chi connectivity index (χ0n) is 9.52. The number of rotatable bonds is 4. The topological polar surface area (TPSA) is 68.0 Å². The van der Waals surface area contributed by atoms with Crippen LogP contribution in [0.1, 0.15) is 10.5 Å². The average Bonchev–Trinajstić information content (AvgIpc) is 2.86. The highest BCUT2D eigenvalue weighted by atomic mass is 35.5. The lowest BCUT2D eigenvalue weighted by molar-refractivity contribution is 0.0950. The standard InChI is InChI=1S/C12H12ClN3OS/c13-9-4-2-1-3-8(9)12-16-10(7-18-12)11(17)15-6-5-14/h1-4,7H,5-6,14H2,(H,15,17). The molecule has 0 atom stereocenters. The Morgan fingerprint density at radius 3 is 2.94 bits per heavy atom. The summed E-state index contributed by atoms with van der Waals surface area (Å²) in [6.07, 6.45) is 0. The summed E-state index contributed by atoms with van der Waals surface area (Å²) in [5.41, 5.74) is 6.55. The molecule has 1 amide bonds. The average molecular weight is 282 g/mol. The fourth-order valence-corrected chi connectivity index (χ4v) is 2.53. The molecule has 1 aromatic heterocycles. The van der Waals surface area contributed by atoms with Crippen LogP contribution in [-0.4, -0.2) is 24.0 Å². The lowest BCUT2D eigenvalue weighted by Gasteiger charge is -2.00. The van der Waals surface area contributed by atoms with E-state index in [9.17, 15) is 4.79 Å². The molecule has 0 aliphatic rings. The van der Waals surface area contributed by atoms with Gasteiger partial charge in [0.05, 0.1) is 5.02 Å². The lowest BCUT2D eigenvalue weighted by atomic mass is 10.2. The number of nitrogens with two attached hydrogens (primary N) is 1. The van der Waals surface area contributed by atoms with E-state index in [0.29, 0.717) is 23.8 Å². The molecule has 94 valence electrons. The second-order valence-corrected chi connectivity index (χ2v) is 4.83. The van der Waals surface area contributed by atoms with Gasteiger partial charge in [-0.15, -0.1) is 11.3 Å². The first-order valence-electron chi connectivity index (χ1n) is 5.41. The third kappa shape index (κ3) is 2.87. The maximum atomic E-state index is 11.7. The van der Waals surface area contributed by atoms with Crippen molar-refractivity contribution in [2.75, 3.05) is 13.1 Å². The number of benzene rings is 1. The summed E-state index contributed by atoms with van der Waals surface area (Å²) in [6, 6.07) is 7.42. The minimum absolute atomic E-state index is 0.213. The molecule has 0 spiro atoms. The molecule has 3 N–H and O–H groups in total. The van der Waals surface area contributed by atoms with Crippen LogP contribution in [0.4, 0.5) is 0 Å². The van der Waals surface area contributed by atoms with Gasteiger partial charge in [-0.1, -0.05) is 29.8 Å². The van der Waals surface area contributed by atoms with Gasteiger partial charge in [0.15, 0.2) is 0 Å². The molecule has 0 bridgehead atoms. The monoisotopic (exact) mass is 281 g/mol. The molecular formula is C12H12ClN3OS. The van der Waals surface area contributed by atoms with Gasteiger partial charge in [0.2, 0.25) is 0 Å². The number of nitrogens with one attached hydrogen (secondary N) is 1. The summed E-state index contributed by atoms with van der Waals surface area (Å²) in [5, 5.41) is 5.75. The van der Waals surface area contributed by atoms with Crippen molar-refractivity contribution in [3.8, 4) is 10.6 Å². The van der Waals surface area contributed by atoms with Crippen molar-refractivity contribution in [3.63, 3.8) is 0 Å². The predicted octanol–water partition coefficient (Wildman–Crippen LogP) is 2.15. The summed E-state index contributed by atoms with van der Waals surface area (Å²) >= 11 is 7.47. The van der Waals surface area contributed by atoms with Crippen LogP contribution >= 0.6 is 22.9 Å². The van der Waals surface area contributed by atoms with Crippen molar-refractivity contribution in [1.29, 1.82) is 0 Å². The molecule has 2 rings (SSSR count). The summed E-state index contributed by atoms with van der Waals surface area (Å²) in [7, 11) is 0. The largest absolute Gasteiger partial charge is 0.349 e. The predicted molar refractivity (Wildman–Crippen MR) is 73.9 cm³/mol. The quantitative estimate of drug-likeness (QED) is 0.902. The van der Waals surface area contributed by atoms with E-state index >= 15 is 0 Å². The van der Waals surface area contributed by atoms with E-state index in [4.69, 9.17) is 17.3 Å². The van der Waals surface area contributed by atoms with Crippen LogP contribution in [0.3, 0.4) is 0 Å². The van der Waals surface area contributed by atoms with E-state index in [1.54, 1.807) is 11.4 Å². The summed E-state index contributed by atoms with van der Waals surface area (Å²) < 4.78 is 0. The van der Waals surface area contributed by atoms with Gasteiger partial charge in [0.1, 0.15) is 10.7 Å². The van der Waals surface area contributed by atoms with Crippen LogP contribution in [0, 0.1) is 0 Å². The molecule has 0 saturated carbocycles. The number of nitrogens with zero attached hydrogens (tertiary/aromatic N) is 1. The fourth-order valence-electron chi connectivity index (χ4n) is 1.41. The number of carbonyl (C=O) groups is 1. The molecule has 1 aromatic carbocycles. The summed E-state index contributed by atoms with van der Waals surface area (Å²) in [5.74, 6) is -0.213. The number of halogens is 1. The summed E-state index contributed by atoms with van der Waals surface area (Å²) in [6.45, 7) is 0.852. The van der Waals surface area contributed by atoms with Crippen LogP contribution in [-0.2, 0) is 0 Å². The molecule has 2 aromatic rings. The van der Waals surface area contributed by atoms with Crippen LogP contribution in [0.25, 0.3) is 10.6 Å². The smallest absolute Gasteiger partial charge is 0.270 e. The number of carbonyl (C=O) groups excluding carboxylic acids is 1. The molecule has 6 heteroatoms. The minimum Gasteiger partial charge on any atom is -0.349 e. The second-order valence-electron chi connectivity index (χ2n) is 3.56. The van der Waals surface area contributed by atoms with E-state index in [-0.39, 0.29) is 5.91 Å². The van der Waals surface area contributed by atoms with Crippen molar-refractivity contribution in [3.05, 3.63) is 40.4 Å². The minimum atomic E-state index is -0.213. The van der Waals surface area contributed by atoms with Gasteiger partial charge >= 0.3 is 0 Å². The highest BCUT2D eigenvalue weighted by molar-refractivity contribution is 7.13. The highest BCUT2D eigenvalue weighted by Crippen LogP contribution is 2.29. The first kappa shape index (κ1) is 13.0. The van der Waals surface area contributed by atoms with Crippen LogP contribution in [0.5, 0.6) is 0 Å². The first-order valence-corrected chi connectivity index (χ1v) is 6.67. The number of thiazole rings is 1. The zero-order valence-corrected chi connectivity index (χ0v) is 11.1. The van der Waals surface area contributed by atoms with Crippen molar-refractivity contribution in [2.45, 2.75) is 0 Å². The third-order valence-electron chi connectivity index (χ3n) is 2.27. The molecule has 4 nitrogen and oxygen atoms in total. The van der Waals surface area contributed by atoms with Crippen LogP contribution in [0.2, 0.25) is 5.02 Å². The Hall–Kier alpha value is -1.43. The van der Waals surface area contributed by atoms with Crippen molar-refractivity contribution >= 4 is 28.8 Å². The van der Waals surface area contributed by atoms with Crippen molar-refractivity contribution < 1.29 is 4.79 Å². The Morgan fingerprint density at radius 2 is 2.22 bits per heavy atom. The Labute approximate surface area is 114 Å². The molecule has 0 unspecified atom stereocenters. The van der Waals surface area contributed by atoms with E-state index in [1.165, 1.54) is 11.3 Å². The number of amides is 1. The van der Waals surface area contributed by atoms with Gasteiger partial charge in [0.25, 0.3) is 5.91 Å². The van der Waals surface area contributed by atoms with Gasteiger partial charge in [0, 0.05) is 24.0 Å². The Kier molecular flexibility index (Phi) is 4.30. The molecule has 0 fully saturated rings. The van der Waals surface area contributed by atoms with Gasteiger partial charge in [-0.25, -0.2) is 4.98 Å².